The third kappa shape index (κ3) is 1.78. The van der Waals surface area contributed by atoms with E-state index >= 15 is 0 Å². The molecule has 0 aromatic heterocycles. The average Bonchev–Trinajstić information content (AvgIpc) is 2.28. The quantitative estimate of drug-likeness (QED) is 0.662. The smallest absolute Gasteiger partial charge is 0.0961 e. The predicted molar refractivity (Wildman–Crippen MR) is 60.2 cm³/mol. The summed E-state index contributed by atoms with van der Waals surface area (Å²) in [6.07, 6.45) is 0.223. The van der Waals surface area contributed by atoms with Gasteiger partial charge in [-0.3, -0.25) is 0 Å². The van der Waals surface area contributed by atoms with Crippen LogP contribution >= 0.6 is 15.9 Å². The number of hydrogen-bond donors (Lipinski definition) is 3. The highest BCUT2D eigenvalue weighted by molar-refractivity contribution is 9.10. The molecule has 2 atom stereocenters. The van der Waals surface area contributed by atoms with Crippen molar-refractivity contribution in [2.45, 2.75) is 18.6 Å². The van der Waals surface area contributed by atoms with Crippen LogP contribution in [0.3, 0.4) is 0 Å². The number of rotatable bonds is 0. The molecule has 14 heavy (non-hydrogen) atoms. The summed E-state index contributed by atoms with van der Waals surface area (Å²) in [4.78, 5) is 0. The minimum atomic E-state index is -0.562. The molecule has 0 fully saturated rings. The highest BCUT2D eigenvalue weighted by Crippen LogP contribution is 2.30. The van der Waals surface area contributed by atoms with Crippen molar-refractivity contribution in [2.75, 3.05) is 11.9 Å². The number of aliphatic hydroxyl groups is 1. The van der Waals surface area contributed by atoms with Crippen LogP contribution in [-0.2, 0) is 0 Å². The summed E-state index contributed by atoms with van der Waals surface area (Å²) in [6.45, 7) is 0.807. The lowest BCUT2D eigenvalue weighted by molar-refractivity contribution is 0.146. The Kier molecular flexibility index (Phi) is 2.76. The van der Waals surface area contributed by atoms with Crippen LogP contribution in [-0.4, -0.2) is 17.7 Å². The van der Waals surface area contributed by atoms with E-state index in [9.17, 15) is 5.11 Å². The molecule has 0 radical (unpaired) electrons. The van der Waals surface area contributed by atoms with Crippen LogP contribution < -0.4 is 11.1 Å². The summed E-state index contributed by atoms with van der Waals surface area (Å²) in [5.74, 6) is 0. The zero-order valence-electron chi connectivity index (χ0n) is 7.70. The SMILES string of the molecule is NC1CCNc2cc(Br)ccc2C1O. The summed E-state index contributed by atoms with van der Waals surface area (Å²) in [5.41, 5.74) is 7.69. The Morgan fingerprint density at radius 1 is 1.50 bits per heavy atom. The largest absolute Gasteiger partial charge is 0.387 e. The Morgan fingerprint density at radius 2 is 2.29 bits per heavy atom. The van der Waals surface area contributed by atoms with Gasteiger partial charge in [0.15, 0.2) is 0 Å². The molecule has 2 unspecified atom stereocenters. The Balaban J connectivity index is 2.43. The second-order valence-electron chi connectivity index (χ2n) is 3.56. The van der Waals surface area contributed by atoms with Gasteiger partial charge < -0.3 is 16.2 Å². The first-order valence-corrected chi connectivity index (χ1v) is 5.45. The molecule has 0 saturated heterocycles. The van der Waals surface area contributed by atoms with E-state index in [0.29, 0.717) is 0 Å². The maximum Gasteiger partial charge on any atom is 0.0961 e. The van der Waals surface area contributed by atoms with Gasteiger partial charge in [-0.05, 0) is 18.6 Å². The molecular formula is C10H13BrN2O. The van der Waals surface area contributed by atoms with Gasteiger partial charge in [-0.25, -0.2) is 0 Å². The predicted octanol–water partition coefficient (Wildman–Crippen LogP) is 1.63. The number of anilines is 1. The van der Waals surface area contributed by atoms with Crippen molar-refractivity contribution in [3.8, 4) is 0 Å². The molecule has 4 heteroatoms. The summed E-state index contributed by atoms with van der Waals surface area (Å²) >= 11 is 3.40. The molecule has 0 bridgehead atoms. The van der Waals surface area contributed by atoms with Gasteiger partial charge in [-0.15, -0.1) is 0 Å². The Hall–Kier alpha value is -0.580. The lowest BCUT2D eigenvalue weighted by Gasteiger charge is -2.16. The zero-order chi connectivity index (χ0) is 10.1. The molecule has 1 aliphatic rings. The molecule has 0 spiro atoms. The van der Waals surface area contributed by atoms with Crippen molar-refractivity contribution >= 4 is 21.6 Å². The van der Waals surface area contributed by atoms with Crippen LogP contribution in [0.15, 0.2) is 22.7 Å². The molecule has 0 amide bonds. The van der Waals surface area contributed by atoms with Crippen LogP contribution in [0, 0.1) is 0 Å². The van der Waals surface area contributed by atoms with Crippen LogP contribution in [0.25, 0.3) is 0 Å². The molecule has 0 aliphatic carbocycles. The molecule has 1 heterocycles. The fourth-order valence-electron chi connectivity index (χ4n) is 1.70. The van der Waals surface area contributed by atoms with Gasteiger partial charge in [0, 0.05) is 28.3 Å². The number of aliphatic hydroxyl groups excluding tert-OH is 1. The van der Waals surface area contributed by atoms with E-state index in [1.54, 1.807) is 0 Å². The molecule has 0 saturated carbocycles. The third-order valence-corrected chi connectivity index (χ3v) is 3.03. The molecule has 2 rings (SSSR count). The molecular weight excluding hydrogens is 244 g/mol. The first-order chi connectivity index (χ1) is 6.68. The van der Waals surface area contributed by atoms with Crippen molar-refractivity contribution in [3.63, 3.8) is 0 Å². The maximum absolute atomic E-state index is 9.92. The normalized spacial score (nSPS) is 26.2. The van der Waals surface area contributed by atoms with E-state index < -0.39 is 6.10 Å². The van der Waals surface area contributed by atoms with E-state index in [1.165, 1.54) is 0 Å². The van der Waals surface area contributed by atoms with Gasteiger partial charge in [0.05, 0.1) is 6.10 Å². The van der Waals surface area contributed by atoms with Crippen molar-refractivity contribution in [1.82, 2.24) is 0 Å². The second-order valence-corrected chi connectivity index (χ2v) is 4.47. The zero-order valence-corrected chi connectivity index (χ0v) is 9.29. The highest BCUT2D eigenvalue weighted by Gasteiger charge is 2.22. The fraction of sp³-hybridized carbons (Fsp3) is 0.400. The van der Waals surface area contributed by atoms with E-state index in [2.05, 4.69) is 21.2 Å². The van der Waals surface area contributed by atoms with Crippen LogP contribution in [0.4, 0.5) is 5.69 Å². The van der Waals surface area contributed by atoms with Crippen molar-refractivity contribution in [2.24, 2.45) is 5.73 Å². The first-order valence-electron chi connectivity index (χ1n) is 4.65. The van der Waals surface area contributed by atoms with E-state index in [0.717, 1.165) is 28.7 Å². The molecule has 1 aliphatic heterocycles. The van der Waals surface area contributed by atoms with Crippen molar-refractivity contribution in [3.05, 3.63) is 28.2 Å². The molecule has 1 aromatic rings. The number of fused-ring (bicyclic) bond motifs is 1. The van der Waals surface area contributed by atoms with Gasteiger partial charge >= 0.3 is 0 Å². The number of hydrogen-bond acceptors (Lipinski definition) is 3. The van der Waals surface area contributed by atoms with Crippen LogP contribution in [0.1, 0.15) is 18.1 Å². The van der Waals surface area contributed by atoms with E-state index in [4.69, 9.17) is 5.73 Å². The first kappa shape index (κ1) is 9.96. The van der Waals surface area contributed by atoms with Gasteiger partial charge in [-0.1, -0.05) is 22.0 Å². The Morgan fingerprint density at radius 3 is 3.07 bits per heavy atom. The van der Waals surface area contributed by atoms with Crippen molar-refractivity contribution < 1.29 is 5.11 Å². The topological polar surface area (TPSA) is 58.3 Å². The number of nitrogens with two attached hydrogens (primary N) is 1. The highest BCUT2D eigenvalue weighted by atomic mass is 79.9. The van der Waals surface area contributed by atoms with Gasteiger partial charge in [0.2, 0.25) is 0 Å². The molecule has 3 nitrogen and oxygen atoms in total. The lowest BCUT2D eigenvalue weighted by Crippen LogP contribution is -2.28. The number of halogens is 1. The molecule has 76 valence electrons. The van der Waals surface area contributed by atoms with Crippen molar-refractivity contribution in [1.29, 1.82) is 0 Å². The monoisotopic (exact) mass is 256 g/mol. The van der Waals surface area contributed by atoms with Crippen LogP contribution in [0.5, 0.6) is 0 Å². The fourth-order valence-corrected chi connectivity index (χ4v) is 2.06. The number of nitrogens with one attached hydrogen (secondary N) is 1. The van der Waals surface area contributed by atoms with Crippen LogP contribution in [0.2, 0.25) is 0 Å². The summed E-state index contributed by atoms with van der Waals surface area (Å²) in [7, 11) is 0. The summed E-state index contributed by atoms with van der Waals surface area (Å²) < 4.78 is 1.01. The molecule has 4 N–H and O–H groups in total. The lowest BCUT2D eigenvalue weighted by atomic mass is 10.0. The number of benzene rings is 1. The van der Waals surface area contributed by atoms with E-state index in [1.807, 2.05) is 18.2 Å². The summed E-state index contributed by atoms with van der Waals surface area (Å²) in [6, 6.07) is 5.62. The Bertz CT molecular complexity index is 343. The third-order valence-electron chi connectivity index (χ3n) is 2.53. The minimum absolute atomic E-state index is 0.176. The van der Waals surface area contributed by atoms with Gasteiger partial charge in [0.25, 0.3) is 0 Å². The minimum Gasteiger partial charge on any atom is -0.387 e. The van der Waals surface area contributed by atoms with Gasteiger partial charge in [0.1, 0.15) is 0 Å². The maximum atomic E-state index is 9.92. The van der Waals surface area contributed by atoms with E-state index in [-0.39, 0.29) is 6.04 Å². The average molecular weight is 257 g/mol. The van der Waals surface area contributed by atoms with Gasteiger partial charge in [-0.2, -0.15) is 0 Å². The molecule has 1 aromatic carbocycles. The Labute approximate surface area is 91.4 Å². The standard InChI is InChI=1S/C10H13BrN2O/c11-6-1-2-7-9(5-6)13-4-3-8(12)10(7)14/h1-2,5,8,10,13-14H,3-4,12H2. The summed E-state index contributed by atoms with van der Waals surface area (Å²) in [5, 5.41) is 13.2. The second kappa shape index (κ2) is 3.88.